The van der Waals surface area contributed by atoms with Crippen LogP contribution in [-0.2, 0) is 16.0 Å². The van der Waals surface area contributed by atoms with Gasteiger partial charge in [0.15, 0.2) is 11.5 Å². The summed E-state index contributed by atoms with van der Waals surface area (Å²) in [5, 5.41) is 6.70. The topological polar surface area (TPSA) is 89.0 Å². The van der Waals surface area contributed by atoms with Gasteiger partial charge < -0.3 is 14.8 Å². The van der Waals surface area contributed by atoms with Crippen LogP contribution in [0.25, 0.3) is 0 Å². The number of nitrogens with one attached hydrogen (secondary N) is 2. The molecule has 0 bridgehead atoms. The summed E-state index contributed by atoms with van der Waals surface area (Å²) in [4.78, 5) is 24.1. The van der Waals surface area contributed by atoms with E-state index in [1.165, 1.54) is 6.21 Å². The lowest BCUT2D eigenvalue weighted by molar-refractivity contribution is -0.126. The Morgan fingerprint density at radius 1 is 1.17 bits per heavy atom. The molecule has 0 radical (unpaired) electrons. The standard InChI is InChI=1S/C22H26IN3O4/c1-4-10-30-22-17(23)11-15(12-19(22)29-3)14-24-26-21(28)13-20(27)25-18-9-7-6-8-16(18)5-2/h6-9,11-12,14H,4-5,10,13H2,1-3H3,(H,25,27)(H,26,28). The smallest absolute Gasteiger partial charge is 0.249 e. The van der Waals surface area contributed by atoms with Gasteiger partial charge in [-0.15, -0.1) is 0 Å². The van der Waals surface area contributed by atoms with E-state index < -0.39 is 11.8 Å². The summed E-state index contributed by atoms with van der Waals surface area (Å²) in [6.07, 6.45) is 2.86. The Kier molecular flexibility index (Phi) is 9.59. The lowest BCUT2D eigenvalue weighted by Gasteiger charge is -2.12. The minimum Gasteiger partial charge on any atom is -0.493 e. The molecule has 2 amide bonds. The normalized spacial score (nSPS) is 10.7. The maximum absolute atomic E-state index is 12.1. The van der Waals surface area contributed by atoms with Crippen LogP contribution >= 0.6 is 22.6 Å². The molecule has 0 aromatic heterocycles. The molecule has 0 spiro atoms. The Bertz CT molecular complexity index is 915. The summed E-state index contributed by atoms with van der Waals surface area (Å²) < 4.78 is 12.0. The fourth-order valence-electron chi connectivity index (χ4n) is 2.67. The van der Waals surface area contributed by atoms with Crippen molar-refractivity contribution >= 4 is 46.3 Å². The van der Waals surface area contributed by atoms with Gasteiger partial charge in [0, 0.05) is 5.69 Å². The number of aryl methyl sites for hydroxylation is 1. The zero-order valence-corrected chi connectivity index (χ0v) is 19.5. The van der Waals surface area contributed by atoms with Gasteiger partial charge in [0.2, 0.25) is 11.8 Å². The molecular weight excluding hydrogens is 497 g/mol. The van der Waals surface area contributed by atoms with E-state index in [1.54, 1.807) is 13.2 Å². The van der Waals surface area contributed by atoms with E-state index in [0.717, 1.165) is 27.5 Å². The first-order chi connectivity index (χ1) is 14.5. The van der Waals surface area contributed by atoms with Gasteiger partial charge in [-0.05, 0) is 64.8 Å². The zero-order chi connectivity index (χ0) is 21.9. The first-order valence-corrected chi connectivity index (χ1v) is 10.8. The molecule has 0 heterocycles. The molecule has 30 heavy (non-hydrogen) atoms. The van der Waals surface area contributed by atoms with Gasteiger partial charge in [-0.2, -0.15) is 5.10 Å². The molecule has 2 N–H and O–H groups in total. The van der Waals surface area contributed by atoms with Crippen molar-refractivity contribution in [2.45, 2.75) is 33.1 Å². The number of carbonyl (C=O) groups is 2. The van der Waals surface area contributed by atoms with Gasteiger partial charge in [-0.25, -0.2) is 5.43 Å². The van der Waals surface area contributed by atoms with Crippen molar-refractivity contribution in [1.29, 1.82) is 0 Å². The summed E-state index contributed by atoms with van der Waals surface area (Å²) in [6, 6.07) is 11.2. The highest BCUT2D eigenvalue weighted by atomic mass is 127. The number of hydrogen-bond acceptors (Lipinski definition) is 5. The molecule has 0 unspecified atom stereocenters. The molecule has 0 aliphatic carbocycles. The third-order valence-electron chi connectivity index (χ3n) is 4.10. The molecule has 0 saturated heterocycles. The van der Waals surface area contributed by atoms with Crippen molar-refractivity contribution < 1.29 is 19.1 Å². The largest absolute Gasteiger partial charge is 0.493 e. The van der Waals surface area contributed by atoms with Crippen molar-refractivity contribution in [3.63, 3.8) is 0 Å². The molecule has 0 aliphatic heterocycles. The van der Waals surface area contributed by atoms with Gasteiger partial charge in [0.25, 0.3) is 0 Å². The van der Waals surface area contributed by atoms with Crippen LogP contribution in [0.15, 0.2) is 41.5 Å². The van der Waals surface area contributed by atoms with Crippen LogP contribution in [0.5, 0.6) is 11.5 Å². The van der Waals surface area contributed by atoms with Gasteiger partial charge in [-0.1, -0.05) is 32.0 Å². The Morgan fingerprint density at radius 2 is 1.93 bits per heavy atom. The molecule has 0 aliphatic rings. The number of nitrogens with zero attached hydrogens (tertiary/aromatic N) is 1. The summed E-state index contributed by atoms with van der Waals surface area (Å²) >= 11 is 2.17. The molecule has 2 aromatic rings. The highest BCUT2D eigenvalue weighted by Crippen LogP contribution is 2.33. The minimum atomic E-state index is -0.498. The van der Waals surface area contributed by atoms with Crippen LogP contribution < -0.4 is 20.2 Å². The number of para-hydroxylation sites is 1. The van der Waals surface area contributed by atoms with E-state index >= 15 is 0 Å². The minimum absolute atomic E-state index is 0.319. The number of methoxy groups -OCH3 is 1. The van der Waals surface area contributed by atoms with Gasteiger partial charge >= 0.3 is 0 Å². The second-order valence-electron chi connectivity index (χ2n) is 6.41. The number of amides is 2. The fraction of sp³-hybridized carbons (Fsp3) is 0.318. The van der Waals surface area contributed by atoms with Crippen molar-refractivity contribution in [3.05, 3.63) is 51.1 Å². The summed E-state index contributed by atoms with van der Waals surface area (Å²) in [5.74, 6) is 0.391. The molecule has 0 saturated carbocycles. The Hall–Kier alpha value is -2.62. The van der Waals surface area contributed by atoms with Crippen LogP contribution in [-0.4, -0.2) is 31.7 Å². The second kappa shape index (κ2) is 12.2. The second-order valence-corrected chi connectivity index (χ2v) is 7.57. The number of ether oxygens (including phenoxy) is 2. The average Bonchev–Trinajstić information content (AvgIpc) is 2.72. The zero-order valence-electron chi connectivity index (χ0n) is 17.3. The summed E-state index contributed by atoms with van der Waals surface area (Å²) in [7, 11) is 1.57. The highest BCUT2D eigenvalue weighted by molar-refractivity contribution is 14.1. The maximum Gasteiger partial charge on any atom is 0.249 e. The number of carbonyl (C=O) groups excluding carboxylic acids is 2. The lowest BCUT2D eigenvalue weighted by atomic mass is 10.1. The van der Waals surface area contributed by atoms with Crippen LogP contribution in [0.1, 0.15) is 37.8 Å². The Labute approximate surface area is 190 Å². The lowest BCUT2D eigenvalue weighted by Crippen LogP contribution is -2.25. The van der Waals surface area contributed by atoms with Gasteiger partial charge in [0.05, 0.1) is 23.5 Å². The molecule has 0 atom stereocenters. The van der Waals surface area contributed by atoms with Crippen molar-refractivity contribution in [2.24, 2.45) is 5.10 Å². The fourth-order valence-corrected chi connectivity index (χ4v) is 3.45. The van der Waals surface area contributed by atoms with Crippen molar-refractivity contribution in [2.75, 3.05) is 19.0 Å². The average molecular weight is 523 g/mol. The first-order valence-electron chi connectivity index (χ1n) is 9.68. The molecule has 7 nitrogen and oxygen atoms in total. The van der Waals surface area contributed by atoms with E-state index in [0.29, 0.717) is 23.8 Å². The van der Waals surface area contributed by atoms with E-state index in [1.807, 2.05) is 44.2 Å². The van der Waals surface area contributed by atoms with E-state index in [9.17, 15) is 9.59 Å². The molecule has 2 rings (SSSR count). The number of anilines is 1. The SMILES string of the molecule is CCCOc1c(I)cc(C=NNC(=O)CC(=O)Nc2ccccc2CC)cc1OC. The Morgan fingerprint density at radius 3 is 2.63 bits per heavy atom. The maximum atomic E-state index is 12.1. The third-order valence-corrected chi connectivity index (χ3v) is 4.90. The van der Waals surface area contributed by atoms with Crippen molar-refractivity contribution in [1.82, 2.24) is 5.43 Å². The number of hydrogen-bond donors (Lipinski definition) is 2. The molecule has 8 heteroatoms. The predicted octanol–water partition coefficient (Wildman–Crippen LogP) is 4.13. The Balaban J connectivity index is 1.94. The highest BCUT2D eigenvalue weighted by Gasteiger charge is 2.12. The summed E-state index contributed by atoms with van der Waals surface area (Å²) in [6.45, 7) is 4.64. The summed E-state index contributed by atoms with van der Waals surface area (Å²) in [5.41, 5.74) is 4.84. The van der Waals surface area contributed by atoms with E-state index in [4.69, 9.17) is 9.47 Å². The van der Waals surface area contributed by atoms with Crippen LogP contribution in [0.4, 0.5) is 5.69 Å². The molecule has 0 fully saturated rings. The molecule has 2 aromatic carbocycles. The van der Waals surface area contributed by atoms with Gasteiger partial charge in [0.1, 0.15) is 6.42 Å². The van der Waals surface area contributed by atoms with Crippen LogP contribution in [0.2, 0.25) is 0 Å². The van der Waals surface area contributed by atoms with E-state index in [-0.39, 0.29) is 6.42 Å². The van der Waals surface area contributed by atoms with Crippen LogP contribution in [0, 0.1) is 3.57 Å². The first kappa shape index (κ1) is 23.7. The predicted molar refractivity (Wildman–Crippen MR) is 126 cm³/mol. The molecular formula is C22H26IN3O4. The van der Waals surface area contributed by atoms with Crippen LogP contribution in [0.3, 0.4) is 0 Å². The number of hydrazone groups is 1. The molecule has 160 valence electrons. The van der Waals surface area contributed by atoms with Crippen molar-refractivity contribution in [3.8, 4) is 11.5 Å². The number of rotatable bonds is 10. The monoisotopic (exact) mass is 523 g/mol. The number of halogens is 1. The van der Waals surface area contributed by atoms with Gasteiger partial charge in [-0.3, -0.25) is 9.59 Å². The third kappa shape index (κ3) is 7.01. The number of benzene rings is 2. The quantitative estimate of drug-likeness (QED) is 0.212. The van der Waals surface area contributed by atoms with E-state index in [2.05, 4.69) is 38.4 Å².